The molecule has 1 aliphatic heterocycles. The molecule has 0 bridgehead atoms. The number of likely N-dealkylation sites (N-methyl/N-ethyl adjacent to an activating group) is 2. The number of carbonyl (C=O) groups excluding carboxylic acids is 2. The van der Waals surface area contributed by atoms with Crippen molar-refractivity contribution in [3.8, 4) is 0 Å². The molecule has 0 aromatic heterocycles. The van der Waals surface area contributed by atoms with Gasteiger partial charge in [0.05, 0.1) is 6.42 Å². The summed E-state index contributed by atoms with van der Waals surface area (Å²) >= 11 is 0. The van der Waals surface area contributed by atoms with E-state index in [2.05, 4.69) is 27.8 Å². The van der Waals surface area contributed by atoms with Gasteiger partial charge in [0, 0.05) is 25.3 Å². The Hall–Kier alpha value is -2.08. The van der Waals surface area contributed by atoms with Crippen molar-refractivity contribution in [2.24, 2.45) is 0 Å². The van der Waals surface area contributed by atoms with Crippen LogP contribution in [0.15, 0.2) is 24.3 Å². The first-order valence-electron chi connectivity index (χ1n) is 8.20. The molecule has 0 spiro atoms. The predicted octanol–water partition coefficient (Wildman–Crippen LogP) is 1.58. The maximum atomic E-state index is 12.2. The van der Waals surface area contributed by atoms with Crippen LogP contribution < -0.4 is 16.0 Å². The number of anilines is 1. The van der Waals surface area contributed by atoms with Gasteiger partial charge in [-0.05, 0) is 37.6 Å². The van der Waals surface area contributed by atoms with Crippen molar-refractivity contribution in [3.05, 3.63) is 29.8 Å². The van der Waals surface area contributed by atoms with Gasteiger partial charge in [-0.2, -0.15) is 0 Å². The van der Waals surface area contributed by atoms with Crippen molar-refractivity contribution in [2.75, 3.05) is 32.0 Å². The number of rotatable bonds is 5. The zero-order valence-electron chi connectivity index (χ0n) is 13.9. The molecule has 0 aliphatic carbocycles. The van der Waals surface area contributed by atoms with Gasteiger partial charge in [-0.25, -0.2) is 4.79 Å². The van der Waals surface area contributed by atoms with Crippen molar-refractivity contribution in [1.29, 1.82) is 0 Å². The van der Waals surface area contributed by atoms with Gasteiger partial charge in [-0.1, -0.05) is 25.1 Å². The van der Waals surface area contributed by atoms with E-state index in [0.717, 1.165) is 38.0 Å². The van der Waals surface area contributed by atoms with Crippen molar-refractivity contribution >= 4 is 17.6 Å². The normalized spacial score (nSPS) is 18.3. The molecule has 1 fully saturated rings. The fourth-order valence-electron chi connectivity index (χ4n) is 2.86. The summed E-state index contributed by atoms with van der Waals surface area (Å²) in [5.74, 6) is -0.0782. The monoisotopic (exact) mass is 318 g/mol. The molecule has 1 heterocycles. The van der Waals surface area contributed by atoms with Gasteiger partial charge in [0.15, 0.2) is 0 Å². The molecule has 3 N–H and O–H groups in total. The zero-order valence-corrected chi connectivity index (χ0v) is 13.9. The number of nitrogens with one attached hydrogen (secondary N) is 3. The van der Waals surface area contributed by atoms with E-state index >= 15 is 0 Å². The van der Waals surface area contributed by atoms with E-state index in [-0.39, 0.29) is 24.4 Å². The molecule has 1 atom stereocenters. The molecule has 0 unspecified atom stereocenters. The third-order valence-electron chi connectivity index (χ3n) is 4.18. The van der Waals surface area contributed by atoms with Crippen LogP contribution in [0, 0.1) is 0 Å². The highest BCUT2D eigenvalue weighted by Crippen LogP contribution is 2.16. The fourth-order valence-corrected chi connectivity index (χ4v) is 2.86. The third kappa shape index (κ3) is 5.25. The topological polar surface area (TPSA) is 73.5 Å². The van der Waals surface area contributed by atoms with Crippen molar-refractivity contribution < 1.29 is 9.59 Å². The quantitative estimate of drug-likeness (QED) is 0.772. The van der Waals surface area contributed by atoms with Crippen LogP contribution in [0.1, 0.15) is 25.3 Å². The number of para-hydroxylation sites is 1. The summed E-state index contributed by atoms with van der Waals surface area (Å²) in [6.45, 7) is 5.14. The second kappa shape index (κ2) is 8.53. The van der Waals surface area contributed by atoms with Crippen LogP contribution in [0.3, 0.4) is 0 Å². The summed E-state index contributed by atoms with van der Waals surface area (Å²) in [6.07, 6.45) is 2.36. The van der Waals surface area contributed by atoms with Gasteiger partial charge in [-0.15, -0.1) is 0 Å². The SMILES string of the molecule is CCN1CCC[C@@H](NC(=O)Nc2ccccc2CC(=O)NC)C1. The zero-order chi connectivity index (χ0) is 16.7. The smallest absolute Gasteiger partial charge is 0.319 e. The number of likely N-dealkylation sites (tertiary alicyclic amines) is 1. The van der Waals surface area contributed by atoms with Gasteiger partial charge in [0.1, 0.15) is 0 Å². The number of benzene rings is 1. The van der Waals surface area contributed by atoms with Gasteiger partial charge < -0.3 is 20.9 Å². The second-order valence-corrected chi connectivity index (χ2v) is 5.84. The molecule has 1 saturated heterocycles. The van der Waals surface area contributed by atoms with E-state index in [1.165, 1.54) is 0 Å². The Morgan fingerprint density at radius 3 is 2.83 bits per heavy atom. The molecule has 0 radical (unpaired) electrons. The molecule has 6 heteroatoms. The lowest BCUT2D eigenvalue weighted by atomic mass is 10.1. The molecule has 3 amide bonds. The van der Waals surface area contributed by atoms with Gasteiger partial charge >= 0.3 is 6.03 Å². The van der Waals surface area contributed by atoms with Crippen LogP contribution in [0.2, 0.25) is 0 Å². The Balaban J connectivity index is 1.93. The Kier molecular flexibility index (Phi) is 6.40. The first-order valence-corrected chi connectivity index (χ1v) is 8.20. The number of nitrogens with zero attached hydrogens (tertiary/aromatic N) is 1. The minimum atomic E-state index is -0.211. The van der Waals surface area contributed by atoms with E-state index in [1.54, 1.807) is 7.05 Å². The van der Waals surface area contributed by atoms with E-state index in [1.807, 2.05) is 24.3 Å². The van der Waals surface area contributed by atoms with E-state index in [9.17, 15) is 9.59 Å². The van der Waals surface area contributed by atoms with Gasteiger partial charge in [0.25, 0.3) is 0 Å². The number of urea groups is 1. The molecular weight excluding hydrogens is 292 g/mol. The number of hydrogen-bond acceptors (Lipinski definition) is 3. The predicted molar refractivity (Wildman–Crippen MR) is 91.5 cm³/mol. The molecule has 2 rings (SSSR count). The highest BCUT2D eigenvalue weighted by atomic mass is 16.2. The van der Waals surface area contributed by atoms with Crippen LogP contribution >= 0.6 is 0 Å². The number of amides is 3. The molecule has 126 valence electrons. The second-order valence-electron chi connectivity index (χ2n) is 5.84. The lowest BCUT2D eigenvalue weighted by Gasteiger charge is -2.32. The summed E-state index contributed by atoms with van der Waals surface area (Å²) in [6, 6.07) is 7.35. The molecule has 6 nitrogen and oxygen atoms in total. The largest absolute Gasteiger partial charge is 0.359 e. The van der Waals surface area contributed by atoms with Crippen LogP contribution in [0.5, 0.6) is 0 Å². The highest BCUT2D eigenvalue weighted by molar-refractivity contribution is 5.91. The third-order valence-corrected chi connectivity index (χ3v) is 4.18. The highest BCUT2D eigenvalue weighted by Gasteiger charge is 2.20. The number of hydrogen-bond donors (Lipinski definition) is 3. The van der Waals surface area contributed by atoms with Crippen LogP contribution in [-0.2, 0) is 11.2 Å². The first kappa shape index (κ1) is 17.3. The molecule has 0 saturated carbocycles. The Labute approximate surface area is 137 Å². The van der Waals surface area contributed by atoms with E-state index in [0.29, 0.717) is 5.69 Å². The summed E-state index contributed by atoms with van der Waals surface area (Å²) in [4.78, 5) is 26.1. The lowest BCUT2D eigenvalue weighted by Crippen LogP contribution is -2.48. The van der Waals surface area contributed by atoms with Crippen molar-refractivity contribution in [2.45, 2.75) is 32.2 Å². The van der Waals surface area contributed by atoms with Crippen molar-refractivity contribution in [1.82, 2.24) is 15.5 Å². The standard InChI is InChI=1S/C17H26N4O2/c1-3-21-10-6-8-14(12-21)19-17(23)20-15-9-5-4-7-13(15)11-16(22)18-2/h4-5,7,9,14H,3,6,8,10-12H2,1-2H3,(H,18,22)(H2,19,20,23)/t14-/m1/s1. The average molecular weight is 318 g/mol. The maximum Gasteiger partial charge on any atom is 0.319 e. The summed E-state index contributed by atoms with van der Waals surface area (Å²) < 4.78 is 0. The summed E-state index contributed by atoms with van der Waals surface area (Å²) in [7, 11) is 1.60. The van der Waals surface area contributed by atoms with Crippen LogP contribution in [0.25, 0.3) is 0 Å². The number of piperidine rings is 1. The summed E-state index contributed by atoms with van der Waals surface area (Å²) in [5, 5.41) is 8.50. The average Bonchev–Trinajstić information content (AvgIpc) is 2.56. The Bertz CT molecular complexity index is 547. The van der Waals surface area contributed by atoms with Gasteiger partial charge in [0.2, 0.25) is 5.91 Å². The molecule has 1 aliphatic rings. The maximum absolute atomic E-state index is 12.2. The van der Waals surface area contributed by atoms with Crippen LogP contribution in [-0.4, -0.2) is 49.6 Å². The van der Waals surface area contributed by atoms with Crippen molar-refractivity contribution in [3.63, 3.8) is 0 Å². The molecule has 23 heavy (non-hydrogen) atoms. The van der Waals surface area contributed by atoms with Gasteiger partial charge in [-0.3, -0.25) is 4.79 Å². The first-order chi connectivity index (χ1) is 11.1. The number of carbonyl (C=O) groups is 2. The molecule has 1 aromatic rings. The van der Waals surface area contributed by atoms with E-state index in [4.69, 9.17) is 0 Å². The Morgan fingerprint density at radius 2 is 2.09 bits per heavy atom. The lowest BCUT2D eigenvalue weighted by molar-refractivity contribution is -0.119. The molecular formula is C17H26N4O2. The minimum absolute atomic E-state index is 0.0782. The van der Waals surface area contributed by atoms with Crippen LogP contribution in [0.4, 0.5) is 10.5 Å². The Morgan fingerprint density at radius 1 is 1.30 bits per heavy atom. The minimum Gasteiger partial charge on any atom is -0.359 e. The summed E-state index contributed by atoms with van der Waals surface area (Å²) in [5.41, 5.74) is 1.48. The fraction of sp³-hybridized carbons (Fsp3) is 0.529. The van der Waals surface area contributed by atoms with E-state index < -0.39 is 0 Å². The molecule has 1 aromatic carbocycles.